The summed E-state index contributed by atoms with van der Waals surface area (Å²) in [6, 6.07) is 17.4. The van der Waals surface area contributed by atoms with Crippen molar-refractivity contribution in [1.29, 1.82) is 5.26 Å². The molecule has 30 heavy (non-hydrogen) atoms. The van der Waals surface area contributed by atoms with Gasteiger partial charge in [-0.05, 0) is 36.3 Å². The molecule has 1 amide bonds. The standard InChI is InChI=1S/C24H21N3O2S/c1-3-12-29-21-10-8-18(9-11-21)13-20(15-25)23(28)27-24-26-16-22(30-24)14-19-6-4-17(2)5-7-19/h3-11,13,16H,1,12,14H2,2H3,(H,26,27,28)/b20-13+. The van der Waals surface area contributed by atoms with Crippen LogP contribution in [-0.2, 0) is 11.2 Å². The van der Waals surface area contributed by atoms with Crippen molar-refractivity contribution in [3.05, 3.63) is 94.5 Å². The molecule has 0 aliphatic rings. The fourth-order valence-corrected chi connectivity index (χ4v) is 3.49. The molecular weight excluding hydrogens is 394 g/mol. The molecule has 0 atom stereocenters. The first-order chi connectivity index (χ1) is 14.6. The number of aryl methyl sites for hydroxylation is 1. The number of nitrogens with one attached hydrogen (secondary N) is 1. The number of thiazole rings is 1. The van der Waals surface area contributed by atoms with Gasteiger partial charge in [-0.15, -0.1) is 11.3 Å². The lowest BCUT2D eigenvalue weighted by atomic mass is 10.1. The first kappa shape index (κ1) is 21.0. The summed E-state index contributed by atoms with van der Waals surface area (Å²) in [7, 11) is 0. The molecule has 0 bridgehead atoms. The number of nitriles is 1. The fraction of sp³-hybridized carbons (Fsp3) is 0.125. The summed E-state index contributed by atoms with van der Waals surface area (Å²) in [5, 5.41) is 12.6. The normalized spacial score (nSPS) is 10.9. The molecule has 2 aromatic carbocycles. The fourth-order valence-electron chi connectivity index (χ4n) is 2.65. The predicted octanol–water partition coefficient (Wildman–Crippen LogP) is 5.15. The number of aromatic nitrogens is 1. The van der Waals surface area contributed by atoms with Crippen LogP contribution in [0.15, 0.2) is 73.0 Å². The molecule has 1 heterocycles. The smallest absolute Gasteiger partial charge is 0.268 e. The lowest BCUT2D eigenvalue weighted by Gasteiger charge is -2.04. The van der Waals surface area contributed by atoms with E-state index in [9.17, 15) is 10.1 Å². The summed E-state index contributed by atoms with van der Waals surface area (Å²) in [4.78, 5) is 17.8. The second kappa shape index (κ2) is 10.2. The van der Waals surface area contributed by atoms with Crippen molar-refractivity contribution in [3.8, 4) is 11.8 Å². The lowest BCUT2D eigenvalue weighted by molar-refractivity contribution is -0.112. The molecule has 6 heteroatoms. The van der Waals surface area contributed by atoms with Gasteiger partial charge < -0.3 is 4.74 Å². The van der Waals surface area contributed by atoms with Crippen molar-refractivity contribution in [3.63, 3.8) is 0 Å². The van der Waals surface area contributed by atoms with Crippen LogP contribution in [0.25, 0.3) is 6.08 Å². The average molecular weight is 416 g/mol. The van der Waals surface area contributed by atoms with E-state index in [0.717, 1.165) is 16.9 Å². The first-order valence-electron chi connectivity index (χ1n) is 9.34. The summed E-state index contributed by atoms with van der Waals surface area (Å²) in [6.07, 6.45) is 5.69. The highest BCUT2D eigenvalue weighted by Gasteiger charge is 2.12. The van der Waals surface area contributed by atoms with Gasteiger partial charge in [-0.1, -0.05) is 54.6 Å². The van der Waals surface area contributed by atoms with Crippen molar-refractivity contribution < 1.29 is 9.53 Å². The number of hydrogen-bond donors (Lipinski definition) is 1. The van der Waals surface area contributed by atoms with Gasteiger partial charge in [0, 0.05) is 17.5 Å². The Morgan fingerprint density at radius 1 is 1.23 bits per heavy atom. The number of carbonyl (C=O) groups is 1. The molecule has 0 aliphatic carbocycles. The highest BCUT2D eigenvalue weighted by Crippen LogP contribution is 2.22. The predicted molar refractivity (Wildman–Crippen MR) is 120 cm³/mol. The summed E-state index contributed by atoms with van der Waals surface area (Å²) in [5.74, 6) is 0.208. The van der Waals surface area contributed by atoms with Crippen LogP contribution < -0.4 is 10.1 Å². The molecule has 1 aromatic heterocycles. The number of amides is 1. The number of benzene rings is 2. The number of carbonyl (C=O) groups excluding carboxylic acids is 1. The molecule has 0 unspecified atom stereocenters. The molecular formula is C24H21N3O2S. The molecule has 0 saturated carbocycles. The van der Waals surface area contributed by atoms with Crippen molar-refractivity contribution >= 4 is 28.5 Å². The minimum Gasteiger partial charge on any atom is -0.490 e. The van der Waals surface area contributed by atoms with Crippen LogP contribution >= 0.6 is 11.3 Å². The van der Waals surface area contributed by atoms with E-state index in [0.29, 0.717) is 17.5 Å². The molecule has 0 saturated heterocycles. The van der Waals surface area contributed by atoms with Gasteiger partial charge >= 0.3 is 0 Å². The van der Waals surface area contributed by atoms with E-state index in [1.54, 1.807) is 36.5 Å². The van der Waals surface area contributed by atoms with Crippen LogP contribution in [0.4, 0.5) is 5.13 Å². The Hall–Kier alpha value is -3.69. The van der Waals surface area contributed by atoms with Crippen LogP contribution in [0.1, 0.15) is 21.6 Å². The number of anilines is 1. The summed E-state index contributed by atoms with van der Waals surface area (Å²) < 4.78 is 5.43. The van der Waals surface area contributed by atoms with Crippen molar-refractivity contribution in [2.45, 2.75) is 13.3 Å². The molecule has 5 nitrogen and oxygen atoms in total. The van der Waals surface area contributed by atoms with Crippen LogP contribution in [0, 0.1) is 18.3 Å². The van der Waals surface area contributed by atoms with Gasteiger partial charge in [-0.3, -0.25) is 10.1 Å². The zero-order valence-corrected chi connectivity index (χ0v) is 17.4. The minimum absolute atomic E-state index is 0.00467. The zero-order valence-electron chi connectivity index (χ0n) is 16.6. The van der Waals surface area contributed by atoms with E-state index < -0.39 is 5.91 Å². The molecule has 0 aliphatic heterocycles. The van der Waals surface area contributed by atoms with Gasteiger partial charge in [0.1, 0.15) is 24.0 Å². The molecule has 0 fully saturated rings. The highest BCUT2D eigenvalue weighted by atomic mass is 32.1. The topological polar surface area (TPSA) is 75.0 Å². The van der Waals surface area contributed by atoms with Crippen LogP contribution in [0.2, 0.25) is 0 Å². The Morgan fingerprint density at radius 2 is 1.97 bits per heavy atom. The quantitative estimate of drug-likeness (QED) is 0.313. The Bertz CT molecular complexity index is 1090. The van der Waals surface area contributed by atoms with E-state index in [2.05, 4.69) is 48.1 Å². The highest BCUT2D eigenvalue weighted by molar-refractivity contribution is 7.15. The zero-order chi connectivity index (χ0) is 21.3. The van der Waals surface area contributed by atoms with Gasteiger partial charge in [-0.2, -0.15) is 5.26 Å². The number of rotatable bonds is 8. The third-order valence-electron chi connectivity index (χ3n) is 4.20. The van der Waals surface area contributed by atoms with Gasteiger partial charge in [0.25, 0.3) is 5.91 Å². The Kier molecular flexibility index (Phi) is 7.14. The Morgan fingerprint density at radius 3 is 2.63 bits per heavy atom. The number of hydrogen-bond acceptors (Lipinski definition) is 5. The SMILES string of the molecule is C=CCOc1ccc(/C=C(\C#N)C(=O)Nc2ncc(Cc3ccc(C)cc3)s2)cc1. The molecule has 150 valence electrons. The first-order valence-corrected chi connectivity index (χ1v) is 10.2. The molecule has 0 radical (unpaired) electrons. The van der Waals surface area contributed by atoms with Gasteiger partial charge in [0.2, 0.25) is 0 Å². The maximum atomic E-state index is 12.5. The Balaban J connectivity index is 1.64. The van der Waals surface area contributed by atoms with Crippen molar-refractivity contribution in [2.75, 3.05) is 11.9 Å². The number of ether oxygens (including phenoxy) is 1. The molecule has 3 rings (SSSR count). The van der Waals surface area contributed by atoms with Crippen molar-refractivity contribution in [1.82, 2.24) is 4.98 Å². The molecule has 1 N–H and O–H groups in total. The summed E-state index contributed by atoms with van der Waals surface area (Å²) >= 11 is 1.40. The summed E-state index contributed by atoms with van der Waals surface area (Å²) in [5.41, 5.74) is 3.13. The average Bonchev–Trinajstić information content (AvgIpc) is 3.19. The van der Waals surface area contributed by atoms with Gasteiger partial charge in [0.15, 0.2) is 5.13 Å². The molecule has 0 spiro atoms. The monoisotopic (exact) mass is 415 g/mol. The summed E-state index contributed by atoms with van der Waals surface area (Å²) in [6.45, 7) is 6.07. The maximum Gasteiger partial charge on any atom is 0.268 e. The van der Waals surface area contributed by atoms with E-state index in [1.807, 2.05) is 6.07 Å². The van der Waals surface area contributed by atoms with Gasteiger partial charge in [-0.25, -0.2) is 4.98 Å². The molecule has 3 aromatic rings. The van der Waals surface area contributed by atoms with E-state index in [1.165, 1.54) is 28.5 Å². The van der Waals surface area contributed by atoms with Crippen molar-refractivity contribution in [2.24, 2.45) is 0 Å². The van der Waals surface area contributed by atoms with Crippen LogP contribution in [0.5, 0.6) is 5.75 Å². The minimum atomic E-state index is -0.485. The maximum absolute atomic E-state index is 12.5. The lowest BCUT2D eigenvalue weighted by Crippen LogP contribution is -2.13. The third kappa shape index (κ3) is 5.90. The largest absolute Gasteiger partial charge is 0.490 e. The second-order valence-corrected chi connectivity index (χ2v) is 7.70. The third-order valence-corrected chi connectivity index (χ3v) is 5.11. The van der Waals surface area contributed by atoms with Crippen LogP contribution in [0.3, 0.4) is 0 Å². The van der Waals surface area contributed by atoms with Gasteiger partial charge in [0.05, 0.1) is 0 Å². The van der Waals surface area contributed by atoms with E-state index >= 15 is 0 Å². The van der Waals surface area contributed by atoms with E-state index in [4.69, 9.17) is 4.74 Å². The number of nitrogens with zero attached hydrogens (tertiary/aromatic N) is 2. The van der Waals surface area contributed by atoms with Crippen LogP contribution in [-0.4, -0.2) is 17.5 Å². The second-order valence-electron chi connectivity index (χ2n) is 6.59. The Labute approximate surface area is 180 Å². The van der Waals surface area contributed by atoms with E-state index in [-0.39, 0.29) is 5.57 Å².